The summed E-state index contributed by atoms with van der Waals surface area (Å²) in [5, 5.41) is 0.480. The predicted molar refractivity (Wildman–Crippen MR) is 93.4 cm³/mol. The molecular formula is C16H23ClN2O3S. The smallest absolute Gasteiger partial charge is 0.246 e. The predicted octanol–water partition coefficient (Wildman–Crippen LogP) is 2.82. The highest BCUT2D eigenvalue weighted by Crippen LogP contribution is 2.27. The van der Waals surface area contributed by atoms with E-state index in [0.29, 0.717) is 23.8 Å². The molecule has 1 aromatic carbocycles. The van der Waals surface area contributed by atoms with Gasteiger partial charge < -0.3 is 4.90 Å². The molecule has 0 radical (unpaired) electrons. The van der Waals surface area contributed by atoms with Gasteiger partial charge in [0.1, 0.15) is 6.04 Å². The fraction of sp³-hybridized carbons (Fsp3) is 0.562. The van der Waals surface area contributed by atoms with Crippen LogP contribution in [-0.2, 0) is 14.8 Å². The van der Waals surface area contributed by atoms with Gasteiger partial charge in [-0.1, -0.05) is 17.7 Å². The Morgan fingerprint density at radius 2 is 1.87 bits per heavy atom. The molecule has 23 heavy (non-hydrogen) atoms. The Morgan fingerprint density at radius 1 is 1.26 bits per heavy atom. The van der Waals surface area contributed by atoms with Gasteiger partial charge in [0.05, 0.1) is 11.9 Å². The average Bonchev–Trinajstić information content (AvgIpc) is 2.49. The van der Waals surface area contributed by atoms with Crippen molar-refractivity contribution in [2.45, 2.75) is 39.2 Å². The van der Waals surface area contributed by atoms with Crippen LogP contribution in [0.2, 0.25) is 5.02 Å². The molecule has 1 heterocycles. The number of aryl methyl sites for hydroxylation is 1. The van der Waals surface area contributed by atoms with Crippen molar-refractivity contribution in [3.8, 4) is 0 Å². The van der Waals surface area contributed by atoms with E-state index < -0.39 is 16.1 Å². The Morgan fingerprint density at radius 3 is 2.39 bits per heavy atom. The number of carbonyl (C=O) groups excluding carboxylic acids is 1. The molecule has 1 fully saturated rings. The molecule has 2 rings (SSSR count). The lowest BCUT2D eigenvalue weighted by molar-refractivity contribution is -0.132. The van der Waals surface area contributed by atoms with Gasteiger partial charge in [0.25, 0.3) is 0 Å². The van der Waals surface area contributed by atoms with Gasteiger partial charge in [-0.25, -0.2) is 8.42 Å². The molecule has 1 aliphatic heterocycles. The number of nitrogens with zero attached hydrogens (tertiary/aromatic N) is 2. The minimum Gasteiger partial charge on any atom is -0.341 e. The summed E-state index contributed by atoms with van der Waals surface area (Å²) in [6.45, 7) is 4.86. The Balaban J connectivity index is 2.34. The first kappa shape index (κ1) is 18.1. The number of halogens is 1. The zero-order valence-corrected chi connectivity index (χ0v) is 15.3. The average molecular weight is 359 g/mol. The fourth-order valence-corrected chi connectivity index (χ4v) is 4.24. The van der Waals surface area contributed by atoms with Crippen LogP contribution in [0, 0.1) is 6.92 Å². The maximum Gasteiger partial charge on any atom is 0.246 e. The zero-order valence-electron chi connectivity index (χ0n) is 13.8. The standard InChI is InChI=1S/C16H23ClN2O3S/c1-12-7-8-14(11-15(12)17)19(23(3,21)22)13(2)16(20)18-9-5-4-6-10-18/h7-8,11,13H,4-6,9-10H2,1-3H3/t13-/m1/s1. The van der Waals surface area contributed by atoms with Crippen molar-refractivity contribution >= 4 is 33.2 Å². The van der Waals surface area contributed by atoms with Gasteiger partial charge in [0.2, 0.25) is 15.9 Å². The number of hydrogen-bond donors (Lipinski definition) is 0. The third-order valence-electron chi connectivity index (χ3n) is 4.14. The van der Waals surface area contributed by atoms with Gasteiger partial charge in [-0.3, -0.25) is 9.10 Å². The number of piperidine rings is 1. The van der Waals surface area contributed by atoms with Crippen molar-refractivity contribution in [2.24, 2.45) is 0 Å². The molecule has 0 N–H and O–H groups in total. The molecule has 0 aliphatic carbocycles. The van der Waals surface area contributed by atoms with Gasteiger partial charge in [-0.15, -0.1) is 0 Å². The van der Waals surface area contributed by atoms with Gasteiger partial charge in [-0.05, 0) is 50.8 Å². The van der Waals surface area contributed by atoms with Crippen molar-refractivity contribution < 1.29 is 13.2 Å². The molecule has 5 nitrogen and oxygen atoms in total. The van der Waals surface area contributed by atoms with E-state index in [1.165, 1.54) is 0 Å². The van der Waals surface area contributed by atoms with E-state index in [-0.39, 0.29) is 5.91 Å². The lowest BCUT2D eigenvalue weighted by atomic mass is 10.1. The molecule has 7 heteroatoms. The summed E-state index contributed by atoms with van der Waals surface area (Å²) in [6.07, 6.45) is 4.16. The van der Waals surface area contributed by atoms with Crippen LogP contribution in [0.25, 0.3) is 0 Å². The highest BCUT2D eigenvalue weighted by molar-refractivity contribution is 7.92. The summed E-state index contributed by atoms with van der Waals surface area (Å²) in [6, 6.07) is 4.25. The second-order valence-electron chi connectivity index (χ2n) is 6.05. The number of sulfonamides is 1. The third kappa shape index (κ3) is 4.18. The summed E-state index contributed by atoms with van der Waals surface area (Å²) < 4.78 is 25.7. The van der Waals surface area contributed by atoms with Crippen molar-refractivity contribution in [3.05, 3.63) is 28.8 Å². The summed E-state index contributed by atoms with van der Waals surface area (Å²) >= 11 is 6.12. The molecule has 0 saturated carbocycles. The van der Waals surface area contributed by atoms with Gasteiger partial charge in [-0.2, -0.15) is 0 Å². The van der Waals surface area contributed by atoms with E-state index in [1.54, 1.807) is 30.0 Å². The summed E-state index contributed by atoms with van der Waals surface area (Å²) in [5.41, 5.74) is 1.28. The van der Waals surface area contributed by atoms with E-state index in [4.69, 9.17) is 11.6 Å². The highest BCUT2D eigenvalue weighted by atomic mass is 35.5. The lowest BCUT2D eigenvalue weighted by Gasteiger charge is -2.34. The van der Waals surface area contributed by atoms with Crippen LogP contribution in [0.1, 0.15) is 31.7 Å². The van der Waals surface area contributed by atoms with Crippen LogP contribution in [-0.4, -0.2) is 44.6 Å². The van der Waals surface area contributed by atoms with Crippen LogP contribution in [0.4, 0.5) is 5.69 Å². The minimum absolute atomic E-state index is 0.160. The van der Waals surface area contributed by atoms with Crippen molar-refractivity contribution in [2.75, 3.05) is 23.7 Å². The molecular weight excluding hydrogens is 336 g/mol. The third-order valence-corrected chi connectivity index (χ3v) is 5.79. The number of likely N-dealkylation sites (tertiary alicyclic amines) is 1. The van der Waals surface area contributed by atoms with E-state index in [0.717, 1.165) is 35.4 Å². The Kier molecular flexibility index (Phi) is 5.57. The molecule has 1 amide bonds. The lowest BCUT2D eigenvalue weighted by Crippen LogP contribution is -2.50. The maximum absolute atomic E-state index is 12.7. The van der Waals surface area contributed by atoms with Crippen molar-refractivity contribution in [1.82, 2.24) is 4.90 Å². The molecule has 0 aromatic heterocycles. The molecule has 1 saturated heterocycles. The van der Waals surface area contributed by atoms with E-state index >= 15 is 0 Å². The number of anilines is 1. The van der Waals surface area contributed by atoms with Gasteiger partial charge >= 0.3 is 0 Å². The molecule has 0 spiro atoms. The largest absolute Gasteiger partial charge is 0.341 e. The van der Waals surface area contributed by atoms with Gasteiger partial charge in [0, 0.05) is 18.1 Å². The van der Waals surface area contributed by atoms with E-state index in [1.807, 2.05) is 6.92 Å². The van der Waals surface area contributed by atoms with Crippen molar-refractivity contribution in [3.63, 3.8) is 0 Å². The number of carbonyl (C=O) groups is 1. The molecule has 128 valence electrons. The second kappa shape index (κ2) is 7.09. The topological polar surface area (TPSA) is 57.7 Å². The number of rotatable bonds is 4. The minimum atomic E-state index is -3.60. The van der Waals surface area contributed by atoms with E-state index in [9.17, 15) is 13.2 Å². The highest BCUT2D eigenvalue weighted by Gasteiger charge is 2.32. The quantitative estimate of drug-likeness (QED) is 0.831. The first-order chi connectivity index (χ1) is 10.7. The zero-order chi connectivity index (χ0) is 17.2. The molecule has 0 bridgehead atoms. The van der Waals surface area contributed by atoms with Crippen LogP contribution in [0.15, 0.2) is 18.2 Å². The second-order valence-corrected chi connectivity index (χ2v) is 8.32. The van der Waals surface area contributed by atoms with E-state index in [2.05, 4.69) is 0 Å². The summed E-state index contributed by atoms with van der Waals surface area (Å²) in [5.74, 6) is -0.160. The fourth-order valence-electron chi connectivity index (χ4n) is 2.90. The normalized spacial score (nSPS) is 17.0. The van der Waals surface area contributed by atoms with Crippen LogP contribution in [0.5, 0.6) is 0 Å². The van der Waals surface area contributed by atoms with Crippen LogP contribution in [0.3, 0.4) is 0 Å². The SMILES string of the molecule is Cc1ccc(N([C@H](C)C(=O)N2CCCCC2)S(C)(=O)=O)cc1Cl. The molecule has 1 atom stereocenters. The molecule has 1 aliphatic rings. The monoisotopic (exact) mass is 358 g/mol. The van der Waals surface area contributed by atoms with Crippen LogP contribution < -0.4 is 4.31 Å². The molecule has 1 aromatic rings. The Labute approximate surface area is 143 Å². The van der Waals surface area contributed by atoms with Crippen molar-refractivity contribution in [1.29, 1.82) is 0 Å². The first-order valence-electron chi connectivity index (χ1n) is 7.76. The maximum atomic E-state index is 12.7. The Bertz CT molecular complexity index is 685. The molecule has 0 unspecified atom stereocenters. The van der Waals surface area contributed by atoms with Gasteiger partial charge in [0.15, 0.2) is 0 Å². The summed E-state index contributed by atoms with van der Waals surface area (Å²) in [7, 11) is -3.60. The summed E-state index contributed by atoms with van der Waals surface area (Å²) in [4.78, 5) is 14.5. The first-order valence-corrected chi connectivity index (χ1v) is 9.99. The van der Waals surface area contributed by atoms with Crippen LogP contribution >= 0.6 is 11.6 Å². The number of amides is 1. The number of benzene rings is 1. The Hall–Kier alpha value is -1.27. The number of hydrogen-bond acceptors (Lipinski definition) is 3.